The maximum absolute atomic E-state index is 13.0. The summed E-state index contributed by atoms with van der Waals surface area (Å²) in [5.74, 6) is 0.908. The molecular weight excluding hydrogens is 394 g/mol. The van der Waals surface area contributed by atoms with Gasteiger partial charge in [-0.2, -0.15) is 0 Å². The van der Waals surface area contributed by atoms with Crippen molar-refractivity contribution in [2.75, 3.05) is 6.61 Å². The molecule has 9 heteroatoms. The molecule has 3 aromatic rings. The minimum Gasteiger partial charge on any atom is -0.491 e. The first-order chi connectivity index (χ1) is 13.9. The van der Waals surface area contributed by atoms with E-state index >= 15 is 0 Å². The van der Waals surface area contributed by atoms with Crippen molar-refractivity contribution < 1.29 is 14.8 Å². The summed E-state index contributed by atoms with van der Waals surface area (Å²) in [6, 6.07) is 5.76. The van der Waals surface area contributed by atoms with Gasteiger partial charge in [0.1, 0.15) is 23.3 Å². The fraction of sp³-hybridized carbons (Fsp3) is 0.400. The molecule has 0 unspecified atom stereocenters. The van der Waals surface area contributed by atoms with Crippen molar-refractivity contribution in [1.82, 2.24) is 9.55 Å². The van der Waals surface area contributed by atoms with Gasteiger partial charge in [-0.3, -0.25) is 19.5 Å². The van der Waals surface area contributed by atoms with Crippen LogP contribution >= 0.6 is 11.3 Å². The molecule has 2 atom stereocenters. The van der Waals surface area contributed by atoms with Crippen LogP contribution in [0.4, 0.5) is 5.69 Å². The van der Waals surface area contributed by atoms with Crippen LogP contribution in [0.5, 0.6) is 5.75 Å². The summed E-state index contributed by atoms with van der Waals surface area (Å²) in [5, 5.41) is 21.8. The Kier molecular flexibility index (Phi) is 5.33. The highest BCUT2D eigenvalue weighted by atomic mass is 32.1. The topological polar surface area (TPSA) is 107 Å². The number of benzene rings is 1. The molecule has 2 heterocycles. The van der Waals surface area contributed by atoms with E-state index in [0.29, 0.717) is 17.1 Å². The van der Waals surface area contributed by atoms with Gasteiger partial charge in [0.15, 0.2) is 0 Å². The number of nitro benzene ring substituents is 1. The molecule has 2 aromatic heterocycles. The normalized spacial score (nSPS) is 17.1. The average Bonchev–Trinajstić information content (AvgIpc) is 3.07. The molecule has 0 aliphatic heterocycles. The molecule has 1 aliphatic carbocycles. The van der Waals surface area contributed by atoms with E-state index in [1.54, 1.807) is 17.4 Å². The molecule has 0 fully saturated rings. The van der Waals surface area contributed by atoms with Crippen LogP contribution in [0.15, 0.2) is 35.4 Å². The van der Waals surface area contributed by atoms with Gasteiger partial charge < -0.3 is 9.84 Å². The highest BCUT2D eigenvalue weighted by Gasteiger charge is 2.23. The van der Waals surface area contributed by atoms with Gasteiger partial charge in [-0.05, 0) is 36.8 Å². The van der Waals surface area contributed by atoms with Crippen LogP contribution in [0.2, 0.25) is 0 Å². The zero-order valence-corrected chi connectivity index (χ0v) is 16.7. The number of aryl methyl sites for hydroxylation is 1. The Labute approximate surface area is 170 Å². The molecule has 0 spiro atoms. The summed E-state index contributed by atoms with van der Waals surface area (Å²) in [7, 11) is 0. The lowest BCUT2D eigenvalue weighted by molar-refractivity contribution is -0.384. The molecule has 1 N–H and O–H groups in total. The summed E-state index contributed by atoms with van der Waals surface area (Å²) in [6.07, 6.45) is 3.44. The molecule has 4 rings (SSSR count). The molecule has 1 aromatic carbocycles. The number of rotatable bonds is 6. The van der Waals surface area contributed by atoms with Crippen molar-refractivity contribution in [1.29, 1.82) is 0 Å². The predicted octanol–water partition coefficient (Wildman–Crippen LogP) is 2.93. The Morgan fingerprint density at radius 2 is 2.31 bits per heavy atom. The van der Waals surface area contributed by atoms with Crippen molar-refractivity contribution in [3.8, 4) is 5.75 Å². The van der Waals surface area contributed by atoms with Gasteiger partial charge >= 0.3 is 0 Å². The highest BCUT2D eigenvalue weighted by Crippen LogP contribution is 2.35. The SMILES string of the molecule is C[C@H]1CCc2c(sc3ncn(C[C@H](O)COc4cccc([N+](=O)[O-])c4)c(=O)c23)C1. The number of aliphatic hydroxyl groups is 1. The first-order valence-corrected chi connectivity index (χ1v) is 10.3. The molecule has 152 valence electrons. The number of aliphatic hydroxyl groups excluding tert-OH is 1. The molecule has 0 bridgehead atoms. The second-order valence-corrected chi connectivity index (χ2v) is 8.54. The lowest BCUT2D eigenvalue weighted by atomic mass is 9.89. The van der Waals surface area contributed by atoms with Crippen molar-refractivity contribution in [3.63, 3.8) is 0 Å². The van der Waals surface area contributed by atoms with Gasteiger partial charge in [-0.1, -0.05) is 13.0 Å². The molecular formula is C20H21N3O5S. The van der Waals surface area contributed by atoms with Crippen molar-refractivity contribution >= 4 is 27.2 Å². The molecule has 8 nitrogen and oxygen atoms in total. The second kappa shape index (κ2) is 7.92. The number of nitro groups is 1. The Morgan fingerprint density at radius 3 is 3.10 bits per heavy atom. The van der Waals surface area contributed by atoms with E-state index in [4.69, 9.17) is 4.74 Å². The van der Waals surface area contributed by atoms with E-state index in [1.807, 2.05) is 0 Å². The third-order valence-electron chi connectivity index (χ3n) is 5.16. The maximum Gasteiger partial charge on any atom is 0.273 e. The van der Waals surface area contributed by atoms with Gasteiger partial charge in [0.25, 0.3) is 11.2 Å². The minimum absolute atomic E-state index is 0.0394. The molecule has 0 saturated heterocycles. The van der Waals surface area contributed by atoms with Crippen molar-refractivity contribution in [2.45, 2.75) is 38.8 Å². The summed E-state index contributed by atoms with van der Waals surface area (Å²) in [5.41, 5.74) is 0.883. The molecule has 0 saturated carbocycles. The summed E-state index contributed by atoms with van der Waals surface area (Å²) >= 11 is 1.59. The number of hydrogen-bond acceptors (Lipinski definition) is 7. The lowest BCUT2D eigenvalue weighted by Crippen LogP contribution is -2.30. The van der Waals surface area contributed by atoms with E-state index in [1.165, 1.54) is 34.0 Å². The summed E-state index contributed by atoms with van der Waals surface area (Å²) < 4.78 is 6.87. The Morgan fingerprint density at radius 1 is 1.48 bits per heavy atom. The molecule has 0 radical (unpaired) electrons. The minimum atomic E-state index is -0.958. The molecule has 1 aliphatic rings. The maximum atomic E-state index is 13.0. The first-order valence-electron chi connectivity index (χ1n) is 9.47. The molecule has 29 heavy (non-hydrogen) atoms. The number of thiophene rings is 1. The number of non-ortho nitro benzene ring substituents is 1. The van der Waals surface area contributed by atoms with Gasteiger partial charge in [-0.15, -0.1) is 11.3 Å². The van der Waals surface area contributed by atoms with Gasteiger partial charge in [0.05, 0.1) is 29.2 Å². The summed E-state index contributed by atoms with van der Waals surface area (Å²) in [6.45, 7) is 2.17. The zero-order chi connectivity index (χ0) is 20.5. The average molecular weight is 415 g/mol. The Bertz CT molecular complexity index is 1120. The second-order valence-electron chi connectivity index (χ2n) is 7.45. The van der Waals surface area contributed by atoms with Crippen LogP contribution in [0.25, 0.3) is 10.2 Å². The van der Waals surface area contributed by atoms with Crippen LogP contribution in [0.3, 0.4) is 0 Å². The zero-order valence-electron chi connectivity index (χ0n) is 15.9. The van der Waals surface area contributed by atoms with Crippen LogP contribution in [-0.2, 0) is 19.4 Å². The van der Waals surface area contributed by atoms with E-state index in [0.717, 1.165) is 29.7 Å². The fourth-order valence-electron chi connectivity index (χ4n) is 3.66. The molecule has 0 amide bonds. The first kappa shape index (κ1) is 19.5. The standard InChI is InChI=1S/C20H21N3O5S/c1-12-5-6-16-17(7-12)29-19-18(16)20(25)22(11-21-19)9-14(24)10-28-15-4-2-3-13(8-15)23(26)27/h2-4,8,11-12,14,24H,5-7,9-10H2,1H3/t12-,14-/m0/s1. The lowest BCUT2D eigenvalue weighted by Gasteiger charge is -2.17. The number of aromatic nitrogens is 2. The van der Waals surface area contributed by atoms with Crippen molar-refractivity contribution in [3.05, 3.63) is 61.5 Å². The monoisotopic (exact) mass is 415 g/mol. The predicted molar refractivity (Wildman–Crippen MR) is 110 cm³/mol. The van der Waals surface area contributed by atoms with Crippen LogP contribution in [0.1, 0.15) is 23.8 Å². The highest BCUT2D eigenvalue weighted by molar-refractivity contribution is 7.18. The van der Waals surface area contributed by atoms with Crippen LogP contribution < -0.4 is 10.3 Å². The number of hydrogen-bond donors (Lipinski definition) is 1. The van der Waals surface area contributed by atoms with E-state index < -0.39 is 11.0 Å². The quantitative estimate of drug-likeness (QED) is 0.490. The largest absolute Gasteiger partial charge is 0.491 e. The number of fused-ring (bicyclic) bond motifs is 3. The van der Waals surface area contributed by atoms with Crippen LogP contribution in [0, 0.1) is 16.0 Å². The smallest absolute Gasteiger partial charge is 0.273 e. The Balaban J connectivity index is 1.49. The van der Waals surface area contributed by atoms with E-state index in [9.17, 15) is 20.0 Å². The van der Waals surface area contributed by atoms with Gasteiger partial charge in [0.2, 0.25) is 0 Å². The van der Waals surface area contributed by atoms with Gasteiger partial charge in [0, 0.05) is 10.9 Å². The summed E-state index contributed by atoms with van der Waals surface area (Å²) in [4.78, 5) is 29.7. The number of nitrogens with zero attached hydrogens (tertiary/aromatic N) is 3. The van der Waals surface area contributed by atoms with E-state index in [-0.39, 0.29) is 24.4 Å². The van der Waals surface area contributed by atoms with Crippen LogP contribution in [-0.4, -0.2) is 32.3 Å². The number of ether oxygens (including phenoxy) is 1. The third-order valence-corrected chi connectivity index (χ3v) is 6.32. The van der Waals surface area contributed by atoms with Crippen molar-refractivity contribution in [2.24, 2.45) is 5.92 Å². The third kappa shape index (κ3) is 4.01. The van der Waals surface area contributed by atoms with E-state index in [2.05, 4.69) is 11.9 Å². The Hall–Kier alpha value is -2.78. The fourth-order valence-corrected chi connectivity index (χ4v) is 5.00. The van der Waals surface area contributed by atoms with Gasteiger partial charge in [-0.25, -0.2) is 4.98 Å².